The predicted molar refractivity (Wildman–Crippen MR) is 64.9 cm³/mol. The van der Waals surface area contributed by atoms with E-state index in [2.05, 4.69) is 0 Å². The molecule has 1 aromatic rings. The lowest BCUT2D eigenvalue weighted by molar-refractivity contribution is 0.0185. The van der Waals surface area contributed by atoms with Crippen LogP contribution in [0, 0.1) is 0 Å². The first-order chi connectivity index (χ1) is 8.18. The van der Waals surface area contributed by atoms with Gasteiger partial charge < -0.3 is 9.47 Å². The molecule has 0 bridgehead atoms. The largest absolute Gasteiger partial charge is 0.514 e. The third kappa shape index (κ3) is 3.34. The maximum atomic E-state index is 11.6. The molecule has 0 heterocycles. The van der Waals surface area contributed by atoms with Crippen LogP contribution in [0.4, 0.5) is 4.79 Å². The summed E-state index contributed by atoms with van der Waals surface area (Å²) >= 11 is 0. The minimum atomic E-state index is -0.648. The summed E-state index contributed by atoms with van der Waals surface area (Å²) < 4.78 is 10.4. The molecule has 90 valence electrons. The van der Waals surface area contributed by atoms with Crippen LogP contribution in [0.2, 0.25) is 0 Å². The topological polar surface area (TPSA) is 35.5 Å². The third-order valence-electron chi connectivity index (χ3n) is 2.78. The van der Waals surface area contributed by atoms with Crippen LogP contribution in [-0.4, -0.2) is 11.8 Å². The average molecular weight is 232 g/mol. The summed E-state index contributed by atoms with van der Waals surface area (Å²) in [5, 5.41) is 0. The van der Waals surface area contributed by atoms with Crippen LogP contribution in [-0.2, 0) is 4.74 Å². The van der Waals surface area contributed by atoms with Gasteiger partial charge >= 0.3 is 6.16 Å². The molecule has 1 aliphatic rings. The maximum absolute atomic E-state index is 11.6. The molecule has 0 amide bonds. The Balaban J connectivity index is 1.93. The second-order valence-corrected chi connectivity index (χ2v) is 4.37. The Bertz CT molecular complexity index is 411. The highest BCUT2D eigenvalue weighted by Gasteiger charge is 2.28. The highest BCUT2D eigenvalue weighted by Crippen LogP contribution is 2.26. The Kier molecular flexibility index (Phi) is 3.47. The normalized spacial score (nSPS) is 23.1. The van der Waals surface area contributed by atoms with Crippen molar-refractivity contribution in [3.63, 3.8) is 0 Å². The first-order valence-electron chi connectivity index (χ1n) is 5.82. The van der Waals surface area contributed by atoms with Gasteiger partial charge in [-0.25, -0.2) is 4.79 Å². The predicted octanol–water partition coefficient (Wildman–Crippen LogP) is 3.70. The number of hydrogen-bond acceptors (Lipinski definition) is 3. The number of para-hydroxylation sites is 1. The number of rotatable bonds is 2. The Hall–Kier alpha value is -1.77. The molecule has 0 aliphatic heterocycles. The molecule has 0 fully saturated rings. The average Bonchev–Trinajstić information content (AvgIpc) is 2.30. The molecule has 0 radical (unpaired) electrons. The van der Waals surface area contributed by atoms with Gasteiger partial charge in [-0.1, -0.05) is 24.3 Å². The lowest BCUT2D eigenvalue weighted by atomic mass is 9.93. The number of carbonyl (C=O) groups is 1. The van der Waals surface area contributed by atoms with Gasteiger partial charge in [0, 0.05) is 0 Å². The van der Waals surface area contributed by atoms with Crippen LogP contribution >= 0.6 is 0 Å². The van der Waals surface area contributed by atoms with Crippen LogP contribution in [0.15, 0.2) is 42.5 Å². The summed E-state index contributed by atoms with van der Waals surface area (Å²) in [5.74, 6) is 0.501. The Morgan fingerprint density at radius 2 is 2.06 bits per heavy atom. The van der Waals surface area contributed by atoms with Gasteiger partial charge in [-0.05, 0) is 44.4 Å². The lowest BCUT2D eigenvalue weighted by Gasteiger charge is -2.28. The molecule has 3 nitrogen and oxygen atoms in total. The number of hydrogen-bond donors (Lipinski definition) is 0. The molecule has 1 aliphatic carbocycles. The summed E-state index contributed by atoms with van der Waals surface area (Å²) in [6.07, 6.45) is 6.25. The van der Waals surface area contributed by atoms with Gasteiger partial charge in [-0.15, -0.1) is 0 Å². The quantitative estimate of drug-likeness (QED) is 0.443. The zero-order valence-electron chi connectivity index (χ0n) is 9.89. The molecule has 1 atom stereocenters. The van der Waals surface area contributed by atoms with Crippen LogP contribution in [0.5, 0.6) is 5.75 Å². The monoisotopic (exact) mass is 232 g/mol. The summed E-state index contributed by atoms with van der Waals surface area (Å²) in [6, 6.07) is 8.93. The zero-order valence-corrected chi connectivity index (χ0v) is 9.89. The van der Waals surface area contributed by atoms with E-state index in [1.54, 1.807) is 12.1 Å². The Morgan fingerprint density at radius 3 is 2.71 bits per heavy atom. The smallest absolute Gasteiger partial charge is 0.423 e. The van der Waals surface area contributed by atoms with Crippen molar-refractivity contribution in [3.8, 4) is 5.75 Å². The fraction of sp³-hybridized carbons (Fsp3) is 0.357. The van der Waals surface area contributed by atoms with Crippen LogP contribution < -0.4 is 4.74 Å². The van der Waals surface area contributed by atoms with Gasteiger partial charge in [0.2, 0.25) is 0 Å². The zero-order chi connectivity index (χ0) is 12.1. The van der Waals surface area contributed by atoms with Crippen molar-refractivity contribution in [1.82, 2.24) is 0 Å². The SMILES string of the molecule is CC1(OC(=O)Oc2ccccc2)C=CCCC1. The highest BCUT2D eigenvalue weighted by atomic mass is 16.7. The molecule has 1 aromatic carbocycles. The van der Waals surface area contributed by atoms with Crippen LogP contribution in [0.1, 0.15) is 26.2 Å². The van der Waals surface area contributed by atoms with E-state index in [9.17, 15) is 4.79 Å². The molecule has 0 saturated carbocycles. The molecule has 17 heavy (non-hydrogen) atoms. The van der Waals surface area contributed by atoms with Crippen LogP contribution in [0.3, 0.4) is 0 Å². The molecule has 3 heteroatoms. The van der Waals surface area contributed by atoms with E-state index in [1.165, 1.54) is 0 Å². The summed E-state index contributed by atoms with van der Waals surface area (Å²) in [7, 11) is 0. The van der Waals surface area contributed by atoms with E-state index in [0.717, 1.165) is 19.3 Å². The second kappa shape index (κ2) is 5.04. The molecule has 0 N–H and O–H groups in total. The number of benzene rings is 1. The van der Waals surface area contributed by atoms with Crippen molar-refractivity contribution in [2.45, 2.75) is 31.8 Å². The van der Waals surface area contributed by atoms with Crippen molar-refractivity contribution < 1.29 is 14.3 Å². The van der Waals surface area contributed by atoms with Gasteiger partial charge in [0.15, 0.2) is 0 Å². The Morgan fingerprint density at radius 1 is 1.29 bits per heavy atom. The fourth-order valence-electron chi connectivity index (χ4n) is 1.87. The molecule has 0 spiro atoms. The van der Waals surface area contributed by atoms with Gasteiger partial charge in [-0.3, -0.25) is 0 Å². The molecule has 0 saturated heterocycles. The van der Waals surface area contributed by atoms with E-state index < -0.39 is 11.8 Å². The molecule has 1 unspecified atom stereocenters. The molecular weight excluding hydrogens is 216 g/mol. The number of carbonyl (C=O) groups excluding carboxylic acids is 1. The van der Waals surface area contributed by atoms with E-state index in [1.807, 2.05) is 37.3 Å². The van der Waals surface area contributed by atoms with Gasteiger partial charge in [0.25, 0.3) is 0 Å². The number of allylic oxidation sites excluding steroid dienone is 1. The van der Waals surface area contributed by atoms with E-state index >= 15 is 0 Å². The van der Waals surface area contributed by atoms with Gasteiger partial charge in [0.05, 0.1) is 0 Å². The van der Waals surface area contributed by atoms with Crippen LogP contribution in [0.25, 0.3) is 0 Å². The van der Waals surface area contributed by atoms with Crippen molar-refractivity contribution in [3.05, 3.63) is 42.5 Å². The van der Waals surface area contributed by atoms with Gasteiger partial charge in [0.1, 0.15) is 11.4 Å². The minimum Gasteiger partial charge on any atom is -0.423 e. The first-order valence-corrected chi connectivity index (χ1v) is 5.82. The highest BCUT2D eigenvalue weighted by molar-refractivity contribution is 5.64. The maximum Gasteiger partial charge on any atom is 0.514 e. The van der Waals surface area contributed by atoms with Gasteiger partial charge in [-0.2, -0.15) is 0 Å². The van der Waals surface area contributed by atoms with Crippen molar-refractivity contribution in [2.24, 2.45) is 0 Å². The van der Waals surface area contributed by atoms with Crippen molar-refractivity contribution in [2.75, 3.05) is 0 Å². The summed E-state index contributed by atoms with van der Waals surface area (Å²) in [4.78, 5) is 11.6. The van der Waals surface area contributed by atoms with E-state index in [4.69, 9.17) is 9.47 Å². The molecular formula is C14H16O3. The standard InChI is InChI=1S/C14H16O3/c1-14(10-6-3-7-11-14)17-13(15)16-12-8-4-2-5-9-12/h2,4-6,8-10H,3,7,11H2,1H3. The molecule has 0 aromatic heterocycles. The van der Waals surface area contributed by atoms with E-state index in [0.29, 0.717) is 5.75 Å². The Labute approximate surface area is 101 Å². The first kappa shape index (κ1) is 11.7. The fourth-order valence-corrected chi connectivity index (χ4v) is 1.87. The minimum absolute atomic E-state index is 0.501. The second-order valence-electron chi connectivity index (χ2n) is 4.37. The third-order valence-corrected chi connectivity index (χ3v) is 2.78. The summed E-state index contributed by atoms with van der Waals surface area (Å²) in [5.41, 5.74) is -0.524. The van der Waals surface area contributed by atoms with Crippen molar-refractivity contribution >= 4 is 6.16 Å². The number of ether oxygens (including phenoxy) is 2. The van der Waals surface area contributed by atoms with Crippen molar-refractivity contribution in [1.29, 1.82) is 0 Å². The van der Waals surface area contributed by atoms with E-state index in [-0.39, 0.29) is 0 Å². The molecule has 2 rings (SSSR count). The lowest BCUT2D eigenvalue weighted by Crippen LogP contribution is -2.32. The summed E-state index contributed by atoms with van der Waals surface area (Å²) in [6.45, 7) is 1.90.